The van der Waals surface area contributed by atoms with Gasteiger partial charge in [-0.2, -0.15) is 4.31 Å². The smallest absolute Gasteiger partial charge is 0.252 e. The van der Waals surface area contributed by atoms with Crippen LogP contribution in [0.4, 0.5) is 5.69 Å². The molecule has 1 saturated heterocycles. The Balaban J connectivity index is 1.46. The Bertz CT molecular complexity index is 1140. The Kier molecular flexibility index (Phi) is 6.41. The molecule has 1 aliphatic rings. The van der Waals surface area contributed by atoms with Gasteiger partial charge in [-0.1, -0.05) is 35.9 Å². The average molecular weight is 457 g/mol. The number of rotatable bonds is 6. The predicted molar refractivity (Wildman–Crippen MR) is 122 cm³/mol. The lowest BCUT2D eigenvalue weighted by atomic mass is 9.98. The van der Waals surface area contributed by atoms with Crippen molar-refractivity contribution >= 4 is 33.0 Å². The fourth-order valence-electron chi connectivity index (χ4n) is 3.54. The van der Waals surface area contributed by atoms with Crippen LogP contribution in [-0.2, 0) is 14.8 Å². The molecule has 2 aromatic carbocycles. The third-order valence-electron chi connectivity index (χ3n) is 5.24. The molecule has 31 heavy (non-hydrogen) atoms. The van der Waals surface area contributed by atoms with Crippen molar-refractivity contribution < 1.29 is 17.9 Å². The number of benzene rings is 2. The maximum Gasteiger partial charge on any atom is 0.252 e. The van der Waals surface area contributed by atoms with E-state index < -0.39 is 15.9 Å². The molecule has 3 aromatic rings. The topological polar surface area (TPSA) is 75.7 Å². The van der Waals surface area contributed by atoms with Crippen LogP contribution in [0, 0.1) is 12.8 Å². The third kappa shape index (κ3) is 4.98. The van der Waals surface area contributed by atoms with E-state index in [-0.39, 0.29) is 12.5 Å². The van der Waals surface area contributed by atoms with Gasteiger partial charge in [-0.05, 0) is 55.5 Å². The summed E-state index contributed by atoms with van der Waals surface area (Å²) < 4.78 is 33.4. The van der Waals surface area contributed by atoms with Crippen molar-refractivity contribution in [2.45, 2.75) is 24.0 Å². The first kappa shape index (κ1) is 21.5. The standard InChI is InChI=1S/C23H24N2O4S2/c1-17-10-12-19(13-11-17)29-21-8-3-2-7-20(21)24-23(26)18-6-4-14-25(16-18)31(27,28)22-9-5-15-30-22/h2-3,5,7-13,15,18H,4,6,14,16H2,1H3,(H,24,26)/t18-/m0/s1. The quantitative estimate of drug-likeness (QED) is 0.573. The molecule has 1 aromatic heterocycles. The summed E-state index contributed by atoms with van der Waals surface area (Å²) in [5.41, 5.74) is 1.69. The molecule has 0 radical (unpaired) electrons. The van der Waals surface area contributed by atoms with E-state index in [0.717, 1.165) is 5.56 Å². The number of anilines is 1. The molecule has 1 aliphatic heterocycles. The second-order valence-corrected chi connectivity index (χ2v) is 10.6. The molecule has 0 spiro atoms. The van der Waals surface area contributed by atoms with E-state index in [0.29, 0.717) is 40.8 Å². The lowest BCUT2D eigenvalue weighted by Crippen LogP contribution is -2.43. The first-order valence-electron chi connectivity index (χ1n) is 10.1. The molecule has 162 valence electrons. The maximum absolute atomic E-state index is 13.0. The normalized spacial score (nSPS) is 17.3. The minimum absolute atomic E-state index is 0.174. The summed E-state index contributed by atoms with van der Waals surface area (Å²) in [5, 5.41) is 4.68. The summed E-state index contributed by atoms with van der Waals surface area (Å²) in [6, 6.07) is 18.2. The summed E-state index contributed by atoms with van der Waals surface area (Å²) in [6.07, 6.45) is 1.29. The molecule has 0 unspecified atom stereocenters. The van der Waals surface area contributed by atoms with Crippen molar-refractivity contribution in [2.75, 3.05) is 18.4 Å². The van der Waals surface area contributed by atoms with Gasteiger partial charge in [0.25, 0.3) is 10.0 Å². The van der Waals surface area contributed by atoms with E-state index >= 15 is 0 Å². The highest BCUT2D eigenvalue weighted by Gasteiger charge is 2.34. The zero-order chi connectivity index (χ0) is 21.8. The molecule has 0 bridgehead atoms. The number of sulfonamides is 1. The van der Waals surface area contributed by atoms with Crippen LogP contribution in [0.25, 0.3) is 0 Å². The van der Waals surface area contributed by atoms with Crippen molar-refractivity contribution in [3.8, 4) is 11.5 Å². The molecule has 0 saturated carbocycles. The lowest BCUT2D eigenvalue weighted by Gasteiger charge is -2.30. The SMILES string of the molecule is Cc1ccc(Oc2ccccc2NC(=O)[C@H]2CCCN(S(=O)(=O)c3cccs3)C2)cc1. The Labute approximate surface area is 186 Å². The molecule has 0 aliphatic carbocycles. The van der Waals surface area contributed by atoms with Crippen LogP contribution in [-0.4, -0.2) is 31.7 Å². The van der Waals surface area contributed by atoms with Crippen molar-refractivity contribution in [1.82, 2.24) is 4.31 Å². The number of nitrogens with zero attached hydrogens (tertiary/aromatic N) is 1. The minimum atomic E-state index is -3.56. The number of piperidine rings is 1. The number of thiophene rings is 1. The number of hydrogen-bond donors (Lipinski definition) is 1. The summed E-state index contributed by atoms with van der Waals surface area (Å²) in [4.78, 5) is 13.0. The molecule has 1 N–H and O–H groups in total. The number of ether oxygens (including phenoxy) is 1. The number of carbonyl (C=O) groups is 1. The molecular weight excluding hydrogens is 432 g/mol. The summed E-state index contributed by atoms with van der Waals surface area (Å²) in [6.45, 7) is 2.61. The van der Waals surface area contributed by atoms with Gasteiger partial charge >= 0.3 is 0 Å². The van der Waals surface area contributed by atoms with Gasteiger partial charge in [-0.25, -0.2) is 8.42 Å². The van der Waals surface area contributed by atoms with Gasteiger partial charge in [0.05, 0.1) is 11.6 Å². The van der Waals surface area contributed by atoms with Gasteiger partial charge in [-0.3, -0.25) is 4.79 Å². The maximum atomic E-state index is 13.0. The second kappa shape index (κ2) is 9.21. The summed E-state index contributed by atoms with van der Waals surface area (Å²) >= 11 is 1.19. The third-order valence-corrected chi connectivity index (χ3v) is 8.48. The fourth-order valence-corrected chi connectivity index (χ4v) is 6.21. The van der Waals surface area contributed by atoms with Crippen molar-refractivity contribution in [2.24, 2.45) is 5.92 Å². The molecule has 6 nitrogen and oxygen atoms in total. The summed E-state index contributed by atoms with van der Waals surface area (Å²) in [5.74, 6) is 0.596. The van der Waals surface area contributed by atoms with Crippen molar-refractivity contribution in [3.05, 3.63) is 71.6 Å². The van der Waals surface area contributed by atoms with E-state index in [2.05, 4.69) is 5.32 Å². The number of amides is 1. The van der Waals surface area contributed by atoms with Gasteiger partial charge in [0.2, 0.25) is 5.91 Å². The molecule has 1 atom stereocenters. The van der Waals surface area contributed by atoms with Crippen LogP contribution < -0.4 is 10.1 Å². The monoisotopic (exact) mass is 456 g/mol. The second-order valence-electron chi connectivity index (χ2n) is 7.53. The van der Waals surface area contributed by atoms with E-state index in [1.807, 2.05) is 43.3 Å². The Morgan fingerprint density at radius 2 is 1.87 bits per heavy atom. The van der Waals surface area contributed by atoms with Crippen molar-refractivity contribution in [1.29, 1.82) is 0 Å². The van der Waals surface area contributed by atoms with Crippen LogP contribution in [0.5, 0.6) is 11.5 Å². The van der Waals surface area contributed by atoms with E-state index in [1.54, 1.807) is 29.6 Å². The highest BCUT2D eigenvalue weighted by Crippen LogP contribution is 2.31. The van der Waals surface area contributed by atoms with Crippen molar-refractivity contribution in [3.63, 3.8) is 0 Å². The number of para-hydroxylation sites is 2. The van der Waals surface area contributed by atoms with Gasteiger partial charge in [0.1, 0.15) is 9.96 Å². The van der Waals surface area contributed by atoms with E-state index in [4.69, 9.17) is 4.74 Å². The molecule has 1 fully saturated rings. The summed E-state index contributed by atoms with van der Waals surface area (Å²) in [7, 11) is -3.56. The largest absolute Gasteiger partial charge is 0.455 e. The highest BCUT2D eigenvalue weighted by atomic mass is 32.2. The number of aryl methyl sites for hydroxylation is 1. The minimum Gasteiger partial charge on any atom is -0.455 e. The van der Waals surface area contributed by atoms with Gasteiger partial charge in [0.15, 0.2) is 5.75 Å². The predicted octanol–water partition coefficient (Wildman–Crippen LogP) is 4.89. The van der Waals surface area contributed by atoms with Crippen LogP contribution in [0.1, 0.15) is 18.4 Å². The molecule has 8 heteroatoms. The lowest BCUT2D eigenvalue weighted by molar-refractivity contribution is -0.120. The first-order valence-corrected chi connectivity index (χ1v) is 12.4. The average Bonchev–Trinajstić information content (AvgIpc) is 3.33. The van der Waals surface area contributed by atoms with Crippen LogP contribution >= 0.6 is 11.3 Å². The molecule has 2 heterocycles. The highest BCUT2D eigenvalue weighted by molar-refractivity contribution is 7.91. The van der Waals surface area contributed by atoms with Gasteiger partial charge < -0.3 is 10.1 Å². The number of carbonyl (C=O) groups excluding carboxylic acids is 1. The van der Waals surface area contributed by atoms with Gasteiger partial charge in [-0.15, -0.1) is 11.3 Å². The number of hydrogen-bond acceptors (Lipinski definition) is 5. The zero-order valence-corrected chi connectivity index (χ0v) is 18.8. The Morgan fingerprint density at radius 1 is 1.10 bits per heavy atom. The molecule has 4 rings (SSSR count). The van der Waals surface area contributed by atoms with E-state index in [1.165, 1.54) is 15.6 Å². The van der Waals surface area contributed by atoms with Crippen LogP contribution in [0.15, 0.2) is 70.3 Å². The first-order chi connectivity index (χ1) is 14.9. The zero-order valence-electron chi connectivity index (χ0n) is 17.2. The fraction of sp³-hybridized carbons (Fsp3) is 0.261. The Hall–Kier alpha value is -2.68. The van der Waals surface area contributed by atoms with Crippen LogP contribution in [0.2, 0.25) is 0 Å². The molecule has 1 amide bonds. The molecular formula is C23H24N2O4S2. The Morgan fingerprint density at radius 3 is 2.61 bits per heavy atom. The van der Waals surface area contributed by atoms with Crippen LogP contribution in [0.3, 0.4) is 0 Å². The van der Waals surface area contributed by atoms with Gasteiger partial charge in [0, 0.05) is 13.1 Å². The van der Waals surface area contributed by atoms with E-state index in [9.17, 15) is 13.2 Å². The number of nitrogens with one attached hydrogen (secondary N) is 1.